The zero-order valence-electron chi connectivity index (χ0n) is 20.3. The fraction of sp³-hybridized carbons (Fsp3) is 0.462. The molecule has 11 nitrogen and oxygen atoms in total. The lowest BCUT2D eigenvalue weighted by Crippen LogP contribution is -2.52. The molecule has 0 bridgehead atoms. The third-order valence-electron chi connectivity index (χ3n) is 7.52. The zero-order valence-corrected chi connectivity index (χ0v) is 20.3. The Bertz CT molecular complexity index is 1280. The standard InChI is InChI=1S/C26H29NO10/c1-10-21(29)13(27)6-16(36-10)37-15-8-26(34,9-28)7-12-18(15)25(33)20-19(23(12)31)22(30)11-4-3-5-14(35-2)17(11)24(20)32/h3-5,10,13,15-16,21,28-29,31,33-34H,6-9,27H2,1-2H3. The van der Waals surface area contributed by atoms with Gasteiger partial charge in [0.1, 0.15) is 17.2 Å². The Labute approximate surface area is 212 Å². The lowest BCUT2D eigenvalue weighted by atomic mass is 9.73. The van der Waals surface area contributed by atoms with Crippen LogP contribution in [0.5, 0.6) is 17.2 Å². The number of carbonyl (C=O) groups excluding carboxylic acids is 2. The number of fused-ring (bicyclic) bond motifs is 3. The number of rotatable bonds is 4. The second-order valence-electron chi connectivity index (χ2n) is 9.93. The lowest BCUT2D eigenvalue weighted by molar-refractivity contribution is -0.248. The normalized spacial score (nSPS) is 30.9. The minimum absolute atomic E-state index is 0.00432. The number of hydrogen-bond acceptors (Lipinski definition) is 11. The number of phenolic OH excluding ortho intramolecular Hbond substituents is 2. The number of phenols is 2. The van der Waals surface area contributed by atoms with Gasteiger partial charge in [0.2, 0.25) is 5.78 Å². The van der Waals surface area contributed by atoms with Crippen molar-refractivity contribution in [1.29, 1.82) is 0 Å². The van der Waals surface area contributed by atoms with Crippen molar-refractivity contribution in [3.8, 4) is 17.2 Å². The molecule has 3 aliphatic rings. The zero-order chi connectivity index (χ0) is 26.8. The number of hydrogen-bond donors (Lipinski definition) is 6. The Morgan fingerprint density at radius 3 is 2.49 bits per heavy atom. The van der Waals surface area contributed by atoms with Crippen LogP contribution < -0.4 is 10.5 Å². The molecule has 0 spiro atoms. The predicted molar refractivity (Wildman–Crippen MR) is 127 cm³/mol. The Morgan fingerprint density at radius 2 is 1.84 bits per heavy atom. The summed E-state index contributed by atoms with van der Waals surface area (Å²) >= 11 is 0. The monoisotopic (exact) mass is 515 g/mol. The summed E-state index contributed by atoms with van der Waals surface area (Å²) in [5.41, 5.74) is 3.40. The lowest BCUT2D eigenvalue weighted by Gasteiger charge is -2.42. The summed E-state index contributed by atoms with van der Waals surface area (Å²) in [4.78, 5) is 27.0. The summed E-state index contributed by atoms with van der Waals surface area (Å²) in [6.45, 7) is 0.921. The third kappa shape index (κ3) is 3.90. The summed E-state index contributed by atoms with van der Waals surface area (Å²) in [5.74, 6) is -2.43. The molecule has 7 N–H and O–H groups in total. The molecule has 0 radical (unpaired) electrons. The molecule has 2 aromatic rings. The van der Waals surface area contributed by atoms with E-state index in [0.717, 1.165) is 0 Å². The summed E-state index contributed by atoms with van der Waals surface area (Å²) in [6.07, 6.45) is -4.12. The van der Waals surface area contributed by atoms with Crippen LogP contribution in [0.3, 0.4) is 0 Å². The average molecular weight is 516 g/mol. The first-order valence-corrected chi connectivity index (χ1v) is 12.0. The second kappa shape index (κ2) is 9.05. The largest absolute Gasteiger partial charge is 0.507 e. The van der Waals surface area contributed by atoms with E-state index in [1.165, 1.54) is 25.3 Å². The van der Waals surface area contributed by atoms with Crippen molar-refractivity contribution in [3.05, 3.63) is 51.6 Å². The summed E-state index contributed by atoms with van der Waals surface area (Å²) in [6, 6.07) is 3.80. The van der Waals surface area contributed by atoms with Crippen molar-refractivity contribution in [2.45, 2.75) is 62.4 Å². The van der Waals surface area contributed by atoms with E-state index >= 15 is 0 Å². The van der Waals surface area contributed by atoms with Crippen LogP contribution in [0.1, 0.15) is 68.8 Å². The number of benzene rings is 2. The Balaban J connectivity index is 1.66. The molecule has 0 aromatic heterocycles. The van der Waals surface area contributed by atoms with Gasteiger partial charge in [-0.1, -0.05) is 12.1 Å². The Hall–Kier alpha value is -3.06. The first kappa shape index (κ1) is 25.6. The number of aliphatic hydroxyl groups excluding tert-OH is 2. The third-order valence-corrected chi connectivity index (χ3v) is 7.52. The van der Waals surface area contributed by atoms with E-state index < -0.39 is 77.0 Å². The van der Waals surface area contributed by atoms with Crippen molar-refractivity contribution >= 4 is 11.6 Å². The van der Waals surface area contributed by atoms with E-state index in [1.807, 2.05) is 0 Å². The van der Waals surface area contributed by atoms with E-state index in [0.29, 0.717) is 0 Å². The molecule has 0 amide bonds. The van der Waals surface area contributed by atoms with Gasteiger partial charge in [-0.3, -0.25) is 9.59 Å². The molecule has 1 saturated heterocycles. The summed E-state index contributed by atoms with van der Waals surface area (Å²) < 4.78 is 17.0. The van der Waals surface area contributed by atoms with E-state index in [1.54, 1.807) is 6.92 Å². The first-order valence-electron chi connectivity index (χ1n) is 12.0. The number of carbonyl (C=O) groups is 2. The van der Waals surface area contributed by atoms with Crippen LogP contribution in [0.25, 0.3) is 0 Å². The molecule has 198 valence electrons. The molecule has 1 aliphatic heterocycles. The highest BCUT2D eigenvalue weighted by Crippen LogP contribution is 2.52. The van der Waals surface area contributed by atoms with Gasteiger partial charge in [-0.15, -0.1) is 0 Å². The minimum atomic E-state index is -1.76. The SMILES string of the molecule is COc1cccc2c1C(=O)c1c(O)c3c(c(O)c1C2=O)CC(O)(CO)CC3OC1CC(N)C(O)C(C)O1. The van der Waals surface area contributed by atoms with Crippen molar-refractivity contribution in [2.24, 2.45) is 5.73 Å². The van der Waals surface area contributed by atoms with Gasteiger partial charge in [-0.05, 0) is 13.0 Å². The van der Waals surface area contributed by atoms with Crippen molar-refractivity contribution in [3.63, 3.8) is 0 Å². The van der Waals surface area contributed by atoms with Gasteiger partial charge in [-0.25, -0.2) is 0 Å². The molecular weight excluding hydrogens is 486 g/mol. The highest BCUT2D eigenvalue weighted by atomic mass is 16.7. The maximum atomic E-state index is 13.6. The van der Waals surface area contributed by atoms with Crippen LogP contribution in [-0.2, 0) is 15.9 Å². The van der Waals surface area contributed by atoms with E-state index in [9.17, 15) is 35.1 Å². The maximum absolute atomic E-state index is 13.6. The van der Waals surface area contributed by atoms with E-state index in [-0.39, 0.29) is 47.3 Å². The Kier molecular flexibility index (Phi) is 6.26. The van der Waals surface area contributed by atoms with Crippen LogP contribution in [0.2, 0.25) is 0 Å². The topological polar surface area (TPSA) is 189 Å². The van der Waals surface area contributed by atoms with Gasteiger partial charge in [0.05, 0.1) is 54.3 Å². The van der Waals surface area contributed by atoms with Gasteiger partial charge in [0.25, 0.3) is 0 Å². The highest BCUT2D eigenvalue weighted by Gasteiger charge is 2.47. The number of ether oxygens (including phenoxy) is 3. The van der Waals surface area contributed by atoms with Gasteiger partial charge in [0.15, 0.2) is 12.1 Å². The molecule has 0 saturated carbocycles. The van der Waals surface area contributed by atoms with Crippen LogP contribution in [-0.4, -0.2) is 81.0 Å². The van der Waals surface area contributed by atoms with Gasteiger partial charge in [0, 0.05) is 42.0 Å². The molecule has 6 unspecified atom stereocenters. The summed E-state index contributed by atoms with van der Waals surface area (Å²) in [7, 11) is 1.35. The van der Waals surface area contributed by atoms with Crippen LogP contribution in [0.4, 0.5) is 0 Å². The van der Waals surface area contributed by atoms with Crippen LogP contribution in [0.15, 0.2) is 18.2 Å². The van der Waals surface area contributed by atoms with Crippen LogP contribution >= 0.6 is 0 Å². The summed E-state index contributed by atoms with van der Waals surface area (Å²) in [5, 5.41) is 53.8. The minimum Gasteiger partial charge on any atom is -0.507 e. The fourth-order valence-electron chi connectivity index (χ4n) is 5.59. The molecule has 37 heavy (non-hydrogen) atoms. The van der Waals surface area contributed by atoms with Crippen molar-refractivity contribution in [1.82, 2.24) is 0 Å². The van der Waals surface area contributed by atoms with E-state index in [4.69, 9.17) is 19.9 Å². The quantitative estimate of drug-likeness (QED) is 0.264. The maximum Gasteiger partial charge on any atom is 0.202 e. The number of aromatic hydroxyl groups is 2. The molecule has 6 atom stereocenters. The average Bonchev–Trinajstić information content (AvgIpc) is 2.87. The molecular formula is C26H29NO10. The first-order chi connectivity index (χ1) is 17.5. The highest BCUT2D eigenvalue weighted by molar-refractivity contribution is 6.31. The fourth-order valence-corrected chi connectivity index (χ4v) is 5.59. The molecule has 2 aromatic carbocycles. The number of aliphatic hydroxyl groups is 3. The second-order valence-corrected chi connectivity index (χ2v) is 9.93. The van der Waals surface area contributed by atoms with Gasteiger partial charge < -0.3 is 45.5 Å². The number of ketones is 2. The number of methoxy groups -OCH3 is 1. The molecule has 2 aliphatic carbocycles. The van der Waals surface area contributed by atoms with Crippen LogP contribution in [0, 0.1) is 0 Å². The molecule has 5 rings (SSSR count). The van der Waals surface area contributed by atoms with Crippen molar-refractivity contribution < 1.29 is 49.3 Å². The molecule has 1 fully saturated rings. The van der Waals surface area contributed by atoms with Crippen molar-refractivity contribution in [2.75, 3.05) is 13.7 Å². The van der Waals surface area contributed by atoms with Gasteiger partial charge in [-0.2, -0.15) is 0 Å². The molecule has 1 heterocycles. The van der Waals surface area contributed by atoms with Gasteiger partial charge >= 0.3 is 0 Å². The Morgan fingerprint density at radius 1 is 1.14 bits per heavy atom. The smallest absolute Gasteiger partial charge is 0.202 e. The number of nitrogens with two attached hydrogens (primary N) is 1. The molecule has 11 heteroatoms. The van der Waals surface area contributed by atoms with E-state index in [2.05, 4.69) is 0 Å². The predicted octanol–water partition coefficient (Wildman–Crippen LogP) is 0.432.